The summed E-state index contributed by atoms with van der Waals surface area (Å²) in [6.45, 7) is 0.576. The van der Waals surface area contributed by atoms with Crippen LogP contribution >= 0.6 is 11.3 Å². The van der Waals surface area contributed by atoms with Crippen LogP contribution < -0.4 is 9.64 Å². The Morgan fingerprint density at radius 2 is 2.24 bits per heavy atom. The number of aromatic nitrogens is 1. The molecular weight excluding hydrogens is 292 g/mol. The number of carbonyl (C=O) groups is 2. The Balaban J connectivity index is 1.91. The third-order valence-electron chi connectivity index (χ3n) is 3.09. The molecule has 0 aliphatic carbocycles. The minimum Gasteiger partial charge on any atom is -0.491 e. The Morgan fingerprint density at radius 3 is 3.00 bits per heavy atom. The molecule has 1 aliphatic rings. The molecule has 1 amide bonds. The molecule has 6 nitrogen and oxygen atoms in total. The molecule has 1 aromatic heterocycles. The fraction of sp³-hybridized carbons (Fsp3) is 0.214. The number of anilines is 1. The molecule has 0 radical (unpaired) electrons. The molecule has 1 aliphatic heterocycles. The number of ether oxygens (including phenoxy) is 1. The van der Waals surface area contributed by atoms with E-state index >= 15 is 0 Å². The number of carbonyl (C=O) groups excluding carboxylic acids is 1. The minimum absolute atomic E-state index is 0.0248. The average Bonchev–Trinajstić information content (AvgIpc) is 2.88. The lowest BCUT2D eigenvalue weighted by Gasteiger charge is -2.20. The number of rotatable bonds is 3. The second kappa shape index (κ2) is 5.53. The lowest BCUT2D eigenvalue weighted by Crippen LogP contribution is -2.29. The lowest BCUT2D eigenvalue weighted by molar-refractivity contribution is -0.118. The van der Waals surface area contributed by atoms with E-state index in [2.05, 4.69) is 4.98 Å². The largest absolute Gasteiger partial charge is 0.491 e. The van der Waals surface area contributed by atoms with Gasteiger partial charge in [0.15, 0.2) is 0 Å². The molecule has 0 saturated heterocycles. The highest BCUT2D eigenvalue weighted by Gasteiger charge is 2.24. The first-order valence-electron chi connectivity index (χ1n) is 6.35. The summed E-state index contributed by atoms with van der Waals surface area (Å²) in [6.07, 6.45) is 0.282. The number of nitrogens with zero attached hydrogens (tertiary/aromatic N) is 2. The number of carboxylic acid groups (broad SMARTS) is 1. The number of hydrogen-bond donors (Lipinski definition) is 1. The first-order valence-corrected chi connectivity index (χ1v) is 7.23. The number of thiazole rings is 1. The minimum atomic E-state index is -1.06. The SMILES string of the molecule is O=C(O)c1nc(CN2C(=O)CCOc3ccccc32)cs1. The van der Waals surface area contributed by atoms with Crippen LogP contribution in [0.4, 0.5) is 5.69 Å². The number of amides is 1. The first kappa shape index (κ1) is 13.6. The van der Waals surface area contributed by atoms with E-state index in [9.17, 15) is 9.59 Å². The van der Waals surface area contributed by atoms with Gasteiger partial charge in [-0.05, 0) is 12.1 Å². The maximum Gasteiger partial charge on any atom is 0.365 e. The van der Waals surface area contributed by atoms with Crippen LogP contribution in [0.25, 0.3) is 0 Å². The molecule has 1 aromatic carbocycles. The monoisotopic (exact) mass is 304 g/mol. The number of hydrogen-bond acceptors (Lipinski definition) is 5. The van der Waals surface area contributed by atoms with Crippen molar-refractivity contribution in [1.29, 1.82) is 0 Å². The summed E-state index contributed by atoms with van der Waals surface area (Å²) >= 11 is 1.05. The normalized spacial score (nSPS) is 14.3. The van der Waals surface area contributed by atoms with Crippen LogP contribution in [-0.4, -0.2) is 28.6 Å². The smallest absolute Gasteiger partial charge is 0.365 e. The molecule has 0 fully saturated rings. The van der Waals surface area contributed by atoms with Gasteiger partial charge in [0.25, 0.3) is 0 Å². The molecule has 0 bridgehead atoms. The van der Waals surface area contributed by atoms with Crippen molar-refractivity contribution in [3.05, 3.63) is 40.3 Å². The summed E-state index contributed by atoms with van der Waals surface area (Å²) in [7, 11) is 0. The summed E-state index contributed by atoms with van der Waals surface area (Å²) in [5.74, 6) is -0.473. The van der Waals surface area contributed by atoms with Crippen molar-refractivity contribution >= 4 is 28.9 Å². The summed E-state index contributed by atoms with van der Waals surface area (Å²) in [6, 6.07) is 7.30. The van der Waals surface area contributed by atoms with Gasteiger partial charge >= 0.3 is 5.97 Å². The van der Waals surface area contributed by atoms with E-state index in [1.54, 1.807) is 10.3 Å². The zero-order chi connectivity index (χ0) is 14.8. The summed E-state index contributed by atoms with van der Waals surface area (Å²) < 4.78 is 5.56. The highest BCUT2D eigenvalue weighted by Crippen LogP contribution is 2.32. The van der Waals surface area contributed by atoms with Gasteiger partial charge in [-0.3, -0.25) is 4.79 Å². The Kier molecular flexibility index (Phi) is 3.57. The van der Waals surface area contributed by atoms with Gasteiger partial charge in [-0.15, -0.1) is 11.3 Å². The maximum atomic E-state index is 12.2. The van der Waals surface area contributed by atoms with Gasteiger partial charge in [0.05, 0.1) is 31.0 Å². The van der Waals surface area contributed by atoms with Gasteiger partial charge in [-0.1, -0.05) is 12.1 Å². The van der Waals surface area contributed by atoms with Crippen molar-refractivity contribution in [1.82, 2.24) is 4.98 Å². The molecule has 1 N–H and O–H groups in total. The molecule has 0 saturated carbocycles. The predicted octanol–water partition coefficient (Wildman–Crippen LogP) is 2.16. The van der Waals surface area contributed by atoms with Crippen LogP contribution in [-0.2, 0) is 11.3 Å². The fourth-order valence-electron chi connectivity index (χ4n) is 2.13. The van der Waals surface area contributed by atoms with Gasteiger partial charge in [-0.25, -0.2) is 9.78 Å². The second-order valence-corrected chi connectivity index (χ2v) is 5.35. The van der Waals surface area contributed by atoms with Gasteiger partial charge in [0, 0.05) is 5.38 Å². The van der Waals surface area contributed by atoms with Crippen molar-refractivity contribution in [3.8, 4) is 5.75 Å². The topological polar surface area (TPSA) is 79.7 Å². The zero-order valence-corrected chi connectivity index (χ0v) is 11.8. The van der Waals surface area contributed by atoms with Crippen molar-refractivity contribution in [3.63, 3.8) is 0 Å². The molecule has 3 rings (SSSR count). The van der Waals surface area contributed by atoms with Crippen LogP contribution in [0.15, 0.2) is 29.6 Å². The van der Waals surface area contributed by atoms with Gasteiger partial charge in [0.2, 0.25) is 10.9 Å². The molecular formula is C14H12N2O4S. The molecule has 0 spiro atoms. The molecule has 0 atom stereocenters. The third-order valence-corrected chi connectivity index (χ3v) is 3.96. The van der Waals surface area contributed by atoms with E-state index in [-0.39, 0.29) is 23.9 Å². The van der Waals surface area contributed by atoms with Crippen LogP contribution in [0.5, 0.6) is 5.75 Å². The Morgan fingerprint density at radius 1 is 1.43 bits per heavy atom. The van der Waals surface area contributed by atoms with Crippen LogP contribution in [0.1, 0.15) is 21.9 Å². The number of benzene rings is 1. The van der Waals surface area contributed by atoms with E-state index in [1.807, 2.05) is 24.3 Å². The molecule has 2 heterocycles. The summed E-state index contributed by atoms with van der Waals surface area (Å²) in [5, 5.41) is 10.6. The quantitative estimate of drug-likeness (QED) is 0.940. The van der Waals surface area contributed by atoms with Gasteiger partial charge in [0.1, 0.15) is 5.75 Å². The van der Waals surface area contributed by atoms with Crippen molar-refractivity contribution < 1.29 is 19.4 Å². The predicted molar refractivity (Wildman–Crippen MR) is 76.8 cm³/mol. The van der Waals surface area contributed by atoms with Crippen LogP contribution in [0.3, 0.4) is 0 Å². The second-order valence-electron chi connectivity index (χ2n) is 4.50. The van der Waals surface area contributed by atoms with E-state index in [0.29, 0.717) is 23.7 Å². The van der Waals surface area contributed by atoms with Crippen molar-refractivity contribution in [2.75, 3.05) is 11.5 Å². The highest BCUT2D eigenvalue weighted by molar-refractivity contribution is 7.11. The molecule has 7 heteroatoms. The van der Waals surface area contributed by atoms with Gasteiger partial charge in [-0.2, -0.15) is 0 Å². The van der Waals surface area contributed by atoms with E-state index in [0.717, 1.165) is 11.3 Å². The fourth-order valence-corrected chi connectivity index (χ4v) is 2.78. The van der Waals surface area contributed by atoms with E-state index in [1.165, 1.54) is 0 Å². The Hall–Kier alpha value is -2.41. The third kappa shape index (κ3) is 2.73. The lowest BCUT2D eigenvalue weighted by atomic mass is 10.2. The zero-order valence-electron chi connectivity index (χ0n) is 11.0. The first-order chi connectivity index (χ1) is 10.1. The van der Waals surface area contributed by atoms with E-state index in [4.69, 9.17) is 9.84 Å². The summed E-state index contributed by atoms with van der Waals surface area (Å²) in [5.41, 5.74) is 1.24. The van der Waals surface area contributed by atoms with E-state index < -0.39 is 5.97 Å². The van der Waals surface area contributed by atoms with Crippen molar-refractivity contribution in [2.45, 2.75) is 13.0 Å². The average molecular weight is 304 g/mol. The number of aromatic carboxylic acids is 1. The Bertz CT molecular complexity index is 698. The highest BCUT2D eigenvalue weighted by atomic mass is 32.1. The number of fused-ring (bicyclic) bond motifs is 1. The molecule has 2 aromatic rings. The molecule has 21 heavy (non-hydrogen) atoms. The van der Waals surface area contributed by atoms with Crippen LogP contribution in [0, 0.1) is 0 Å². The summed E-state index contributed by atoms with van der Waals surface area (Å²) in [4.78, 5) is 28.7. The number of para-hydroxylation sites is 2. The van der Waals surface area contributed by atoms with Crippen LogP contribution in [0.2, 0.25) is 0 Å². The standard InChI is InChI=1S/C14H12N2O4S/c17-12-5-6-20-11-4-2-1-3-10(11)16(12)7-9-8-21-13(15-9)14(18)19/h1-4,8H,5-7H2,(H,18,19). The maximum absolute atomic E-state index is 12.2. The molecule has 0 unspecified atom stereocenters. The Labute approximate surface area is 124 Å². The van der Waals surface area contributed by atoms with Crippen molar-refractivity contribution in [2.24, 2.45) is 0 Å². The number of carboxylic acids is 1. The molecule has 108 valence electrons. The van der Waals surface area contributed by atoms with Gasteiger partial charge < -0.3 is 14.7 Å².